The fourth-order valence-corrected chi connectivity index (χ4v) is 3.64. The summed E-state index contributed by atoms with van der Waals surface area (Å²) in [6.07, 6.45) is 3.91. The molecule has 1 atom stereocenters. The van der Waals surface area contributed by atoms with Gasteiger partial charge in [0.1, 0.15) is 5.82 Å². The average Bonchev–Trinajstić information content (AvgIpc) is 2.96. The molecule has 1 aromatic carbocycles. The summed E-state index contributed by atoms with van der Waals surface area (Å²) in [5, 5.41) is 2.07. The summed E-state index contributed by atoms with van der Waals surface area (Å²) in [4.78, 5) is 15.5. The summed E-state index contributed by atoms with van der Waals surface area (Å²) in [7, 11) is 0. The molecule has 0 aliphatic carbocycles. The molecule has 108 valence electrons. The van der Waals surface area contributed by atoms with E-state index in [4.69, 9.17) is 0 Å². The number of carbonyl (C=O) groups is 1. The number of hydrogen-bond acceptors (Lipinski definition) is 2. The van der Waals surface area contributed by atoms with Crippen LogP contribution in [0.1, 0.15) is 29.0 Å². The van der Waals surface area contributed by atoms with Crippen molar-refractivity contribution in [2.45, 2.75) is 19.4 Å². The van der Waals surface area contributed by atoms with Gasteiger partial charge in [0.25, 0.3) is 0 Å². The van der Waals surface area contributed by atoms with Gasteiger partial charge in [0.05, 0.1) is 6.04 Å². The topological polar surface area (TPSA) is 20.3 Å². The number of rotatable bonds is 2. The van der Waals surface area contributed by atoms with E-state index in [1.165, 1.54) is 22.6 Å². The highest BCUT2D eigenvalue weighted by atomic mass is 32.1. The van der Waals surface area contributed by atoms with Crippen molar-refractivity contribution in [3.8, 4) is 0 Å². The summed E-state index contributed by atoms with van der Waals surface area (Å²) >= 11 is 1.75. The Morgan fingerprint density at radius 2 is 2.19 bits per heavy atom. The van der Waals surface area contributed by atoms with Crippen LogP contribution in [0.15, 0.2) is 41.8 Å². The van der Waals surface area contributed by atoms with Gasteiger partial charge < -0.3 is 4.90 Å². The third kappa shape index (κ3) is 2.76. The zero-order valence-corrected chi connectivity index (χ0v) is 12.6. The van der Waals surface area contributed by atoms with Gasteiger partial charge in [-0.3, -0.25) is 4.79 Å². The fraction of sp³-hybridized carbons (Fsp3) is 0.235. The smallest absolute Gasteiger partial charge is 0.247 e. The van der Waals surface area contributed by atoms with Crippen molar-refractivity contribution >= 4 is 23.3 Å². The van der Waals surface area contributed by atoms with Crippen LogP contribution in [0.25, 0.3) is 6.08 Å². The molecule has 0 radical (unpaired) electrons. The number of halogens is 1. The first-order chi connectivity index (χ1) is 10.2. The highest BCUT2D eigenvalue weighted by Crippen LogP contribution is 2.32. The van der Waals surface area contributed by atoms with Crippen LogP contribution in [0.2, 0.25) is 0 Å². The molecule has 0 N–H and O–H groups in total. The molecule has 4 heteroatoms. The van der Waals surface area contributed by atoms with Gasteiger partial charge in [-0.05, 0) is 42.5 Å². The number of carbonyl (C=O) groups excluding carboxylic acids is 1. The third-order valence-corrected chi connectivity index (χ3v) is 4.87. The minimum atomic E-state index is -0.312. The van der Waals surface area contributed by atoms with E-state index in [1.807, 2.05) is 11.8 Å². The van der Waals surface area contributed by atoms with Crippen LogP contribution in [-0.4, -0.2) is 17.4 Å². The number of fused-ring (bicyclic) bond motifs is 1. The molecule has 0 saturated heterocycles. The van der Waals surface area contributed by atoms with Crippen LogP contribution in [0.3, 0.4) is 0 Å². The van der Waals surface area contributed by atoms with Gasteiger partial charge >= 0.3 is 0 Å². The number of amides is 1. The molecule has 2 nitrogen and oxygen atoms in total. The van der Waals surface area contributed by atoms with E-state index in [0.29, 0.717) is 5.56 Å². The largest absolute Gasteiger partial charge is 0.332 e. The highest BCUT2D eigenvalue weighted by molar-refractivity contribution is 7.10. The molecule has 2 aromatic rings. The van der Waals surface area contributed by atoms with Crippen LogP contribution in [0.4, 0.5) is 4.39 Å². The van der Waals surface area contributed by atoms with Gasteiger partial charge in [-0.2, -0.15) is 0 Å². The maximum atomic E-state index is 13.5. The van der Waals surface area contributed by atoms with Crippen molar-refractivity contribution in [2.24, 2.45) is 0 Å². The van der Waals surface area contributed by atoms with Gasteiger partial charge in [0.15, 0.2) is 0 Å². The Hall–Kier alpha value is -1.94. The second-order valence-corrected chi connectivity index (χ2v) is 6.11. The van der Waals surface area contributed by atoms with E-state index in [2.05, 4.69) is 11.4 Å². The number of nitrogens with zero attached hydrogens (tertiary/aromatic N) is 1. The second kappa shape index (κ2) is 5.82. The Labute approximate surface area is 127 Å². The van der Waals surface area contributed by atoms with Crippen LogP contribution >= 0.6 is 11.3 Å². The quantitative estimate of drug-likeness (QED) is 0.766. The molecule has 0 saturated carbocycles. The lowest BCUT2D eigenvalue weighted by atomic mass is 10.0. The van der Waals surface area contributed by atoms with E-state index < -0.39 is 0 Å². The molecule has 21 heavy (non-hydrogen) atoms. The van der Waals surface area contributed by atoms with Crippen LogP contribution in [0, 0.1) is 5.82 Å². The Balaban J connectivity index is 1.76. The predicted molar refractivity (Wildman–Crippen MR) is 83.6 cm³/mol. The molecular formula is C17H16FNOS. The zero-order chi connectivity index (χ0) is 14.8. The van der Waals surface area contributed by atoms with Crippen LogP contribution in [0.5, 0.6) is 0 Å². The number of benzene rings is 1. The lowest BCUT2D eigenvalue weighted by Gasteiger charge is -2.32. The predicted octanol–water partition coefficient (Wildman–Crippen LogP) is 4.05. The molecule has 0 bridgehead atoms. The molecule has 1 aliphatic rings. The van der Waals surface area contributed by atoms with Gasteiger partial charge in [-0.1, -0.05) is 18.2 Å². The molecule has 0 unspecified atom stereocenters. The minimum Gasteiger partial charge on any atom is -0.332 e. The first-order valence-electron chi connectivity index (χ1n) is 6.96. The summed E-state index contributed by atoms with van der Waals surface area (Å²) < 4.78 is 13.5. The normalized spacial score (nSPS) is 18.0. The van der Waals surface area contributed by atoms with Gasteiger partial charge in [0, 0.05) is 23.1 Å². The van der Waals surface area contributed by atoms with Crippen molar-refractivity contribution in [2.75, 3.05) is 6.54 Å². The van der Waals surface area contributed by atoms with E-state index >= 15 is 0 Å². The lowest BCUT2D eigenvalue weighted by molar-refractivity contribution is -0.128. The molecule has 0 fully saturated rings. The Kier molecular flexibility index (Phi) is 3.88. The first kappa shape index (κ1) is 14.0. The molecule has 1 amide bonds. The second-order valence-electron chi connectivity index (χ2n) is 5.11. The monoisotopic (exact) mass is 301 g/mol. The maximum absolute atomic E-state index is 13.5. The van der Waals surface area contributed by atoms with Gasteiger partial charge in [0.2, 0.25) is 5.91 Å². The van der Waals surface area contributed by atoms with E-state index in [-0.39, 0.29) is 17.8 Å². The van der Waals surface area contributed by atoms with Crippen molar-refractivity contribution < 1.29 is 9.18 Å². The maximum Gasteiger partial charge on any atom is 0.247 e. The number of thiophene rings is 1. The molecule has 2 heterocycles. The van der Waals surface area contributed by atoms with Crippen LogP contribution in [-0.2, 0) is 11.2 Å². The summed E-state index contributed by atoms with van der Waals surface area (Å²) in [5.74, 6) is -0.379. The minimum absolute atomic E-state index is 0.0670. The molecular weight excluding hydrogens is 285 g/mol. The Morgan fingerprint density at radius 3 is 3.00 bits per heavy atom. The number of hydrogen-bond donors (Lipinski definition) is 0. The summed E-state index contributed by atoms with van der Waals surface area (Å²) in [6, 6.07) is 8.62. The molecule has 1 aromatic heterocycles. The highest BCUT2D eigenvalue weighted by Gasteiger charge is 2.26. The van der Waals surface area contributed by atoms with Crippen molar-refractivity contribution in [3.05, 3.63) is 63.6 Å². The average molecular weight is 301 g/mol. The van der Waals surface area contributed by atoms with E-state index in [9.17, 15) is 9.18 Å². The van der Waals surface area contributed by atoms with Crippen molar-refractivity contribution in [1.82, 2.24) is 4.90 Å². The SMILES string of the molecule is C[C@H]1c2ccsc2CCN1C(=O)/C=C/c1ccccc1F. The summed E-state index contributed by atoms with van der Waals surface area (Å²) in [5.41, 5.74) is 1.67. The van der Waals surface area contributed by atoms with Gasteiger partial charge in [-0.15, -0.1) is 11.3 Å². The summed E-state index contributed by atoms with van der Waals surface area (Å²) in [6.45, 7) is 2.76. The lowest BCUT2D eigenvalue weighted by Crippen LogP contribution is -2.37. The third-order valence-electron chi connectivity index (χ3n) is 3.87. The van der Waals surface area contributed by atoms with Crippen LogP contribution < -0.4 is 0 Å². The standard InChI is InChI=1S/C17H16FNOS/c1-12-14-9-11-21-16(14)8-10-19(12)17(20)7-6-13-4-2-3-5-15(13)18/h2-7,9,11-12H,8,10H2,1H3/b7-6+/t12-/m0/s1. The molecule has 3 rings (SSSR count). The van der Waals surface area contributed by atoms with Gasteiger partial charge in [-0.25, -0.2) is 4.39 Å². The zero-order valence-electron chi connectivity index (χ0n) is 11.8. The Morgan fingerprint density at radius 1 is 1.38 bits per heavy atom. The van der Waals surface area contributed by atoms with Crippen molar-refractivity contribution in [3.63, 3.8) is 0 Å². The molecule has 0 spiro atoms. The van der Waals surface area contributed by atoms with E-state index in [0.717, 1.165) is 13.0 Å². The fourth-order valence-electron chi connectivity index (χ4n) is 2.68. The van der Waals surface area contributed by atoms with Crippen molar-refractivity contribution in [1.29, 1.82) is 0 Å². The first-order valence-corrected chi connectivity index (χ1v) is 7.84. The Bertz CT molecular complexity index is 692. The van der Waals surface area contributed by atoms with E-state index in [1.54, 1.807) is 35.6 Å². The molecule has 1 aliphatic heterocycles.